The van der Waals surface area contributed by atoms with Gasteiger partial charge < -0.3 is 15.4 Å². The third-order valence-corrected chi connectivity index (χ3v) is 3.57. The zero-order valence-electron chi connectivity index (χ0n) is 9.67. The smallest absolute Gasteiger partial charge is 0.237 e. The van der Waals surface area contributed by atoms with E-state index in [1.165, 1.54) is 0 Å². The molecule has 0 spiro atoms. The van der Waals surface area contributed by atoms with Crippen molar-refractivity contribution in [2.45, 2.75) is 44.9 Å². The molecular weight excluding hydrogens is 192 g/mol. The molecular formula is C11H20N2O2. The number of carbonyl (C=O) groups excluding carboxylic acids is 1. The molecule has 0 aromatic carbocycles. The van der Waals surface area contributed by atoms with Gasteiger partial charge in [-0.2, -0.15) is 0 Å². The van der Waals surface area contributed by atoms with Crippen molar-refractivity contribution in [1.29, 1.82) is 0 Å². The van der Waals surface area contributed by atoms with Crippen molar-refractivity contribution in [3.05, 3.63) is 0 Å². The van der Waals surface area contributed by atoms with Gasteiger partial charge in [-0.05, 0) is 18.3 Å². The lowest BCUT2D eigenvalue weighted by atomic mass is 10.1. The Hall–Kier alpha value is -0.610. The summed E-state index contributed by atoms with van der Waals surface area (Å²) in [5.41, 5.74) is 0.301. The number of ether oxygens (including phenoxy) is 1. The fraction of sp³-hybridized carbons (Fsp3) is 0.909. The molecule has 86 valence electrons. The molecule has 1 amide bonds. The average Bonchev–Trinajstić information content (AvgIpc) is 2.67. The molecule has 15 heavy (non-hydrogen) atoms. The van der Waals surface area contributed by atoms with Crippen LogP contribution in [-0.4, -0.2) is 37.7 Å². The highest BCUT2D eigenvalue weighted by Crippen LogP contribution is 2.44. The number of hydrogen-bond donors (Lipinski definition) is 2. The van der Waals surface area contributed by atoms with E-state index in [4.69, 9.17) is 4.74 Å². The second-order valence-electron chi connectivity index (χ2n) is 5.31. The van der Waals surface area contributed by atoms with Crippen molar-refractivity contribution in [2.75, 3.05) is 13.7 Å². The Morgan fingerprint density at radius 1 is 1.53 bits per heavy atom. The molecule has 4 heteroatoms. The fourth-order valence-electron chi connectivity index (χ4n) is 2.07. The largest absolute Gasteiger partial charge is 0.380 e. The Morgan fingerprint density at radius 3 is 2.67 bits per heavy atom. The minimum Gasteiger partial charge on any atom is -0.380 e. The van der Waals surface area contributed by atoms with Crippen molar-refractivity contribution in [1.82, 2.24) is 10.6 Å². The molecule has 3 unspecified atom stereocenters. The predicted molar refractivity (Wildman–Crippen MR) is 57.5 cm³/mol. The molecule has 3 atom stereocenters. The van der Waals surface area contributed by atoms with Crippen LogP contribution >= 0.6 is 0 Å². The van der Waals surface area contributed by atoms with Crippen LogP contribution in [0.5, 0.6) is 0 Å². The summed E-state index contributed by atoms with van der Waals surface area (Å²) in [7, 11) is 1.69. The van der Waals surface area contributed by atoms with Crippen LogP contribution < -0.4 is 10.6 Å². The summed E-state index contributed by atoms with van der Waals surface area (Å²) in [6.45, 7) is 5.14. The summed E-state index contributed by atoms with van der Waals surface area (Å²) in [6, 6.07) is 0.305. The number of amides is 1. The zero-order chi connectivity index (χ0) is 11.1. The molecule has 2 aliphatic rings. The molecule has 1 aliphatic carbocycles. The van der Waals surface area contributed by atoms with Gasteiger partial charge in [0.25, 0.3) is 0 Å². The minimum atomic E-state index is -0.0636. The molecule has 0 bridgehead atoms. The molecule has 0 aromatic heterocycles. The van der Waals surface area contributed by atoms with E-state index in [0.717, 1.165) is 19.4 Å². The van der Waals surface area contributed by atoms with Crippen LogP contribution in [0.4, 0.5) is 0 Å². The van der Waals surface area contributed by atoms with Gasteiger partial charge in [0, 0.05) is 19.7 Å². The fourth-order valence-corrected chi connectivity index (χ4v) is 2.07. The topological polar surface area (TPSA) is 50.4 Å². The zero-order valence-corrected chi connectivity index (χ0v) is 9.67. The van der Waals surface area contributed by atoms with Crippen molar-refractivity contribution in [3.8, 4) is 0 Å². The van der Waals surface area contributed by atoms with Crippen LogP contribution in [0.25, 0.3) is 0 Å². The van der Waals surface area contributed by atoms with Crippen LogP contribution in [0.3, 0.4) is 0 Å². The third kappa shape index (κ3) is 2.32. The Kier molecular flexibility index (Phi) is 2.73. The summed E-state index contributed by atoms with van der Waals surface area (Å²) >= 11 is 0. The maximum absolute atomic E-state index is 11.8. The van der Waals surface area contributed by atoms with Gasteiger partial charge in [0.1, 0.15) is 0 Å². The van der Waals surface area contributed by atoms with E-state index in [0.29, 0.717) is 11.5 Å². The summed E-state index contributed by atoms with van der Waals surface area (Å²) in [4.78, 5) is 11.8. The maximum atomic E-state index is 11.8. The van der Waals surface area contributed by atoms with Crippen molar-refractivity contribution in [2.24, 2.45) is 5.41 Å². The van der Waals surface area contributed by atoms with E-state index in [9.17, 15) is 4.79 Å². The molecule has 1 aliphatic heterocycles. The van der Waals surface area contributed by atoms with E-state index in [-0.39, 0.29) is 18.1 Å². The monoisotopic (exact) mass is 212 g/mol. The first-order valence-corrected chi connectivity index (χ1v) is 5.59. The van der Waals surface area contributed by atoms with Gasteiger partial charge in [-0.1, -0.05) is 13.8 Å². The average molecular weight is 212 g/mol. The molecule has 0 radical (unpaired) electrons. The lowest BCUT2D eigenvalue weighted by Crippen LogP contribution is -2.42. The van der Waals surface area contributed by atoms with E-state index in [2.05, 4.69) is 24.5 Å². The van der Waals surface area contributed by atoms with E-state index in [1.807, 2.05) is 0 Å². The third-order valence-electron chi connectivity index (χ3n) is 3.57. The first-order valence-electron chi connectivity index (χ1n) is 5.59. The van der Waals surface area contributed by atoms with E-state index >= 15 is 0 Å². The van der Waals surface area contributed by atoms with Crippen LogP contribution in [0.1, 0.15) is 26.7 Å². The van der Waals surface area contributed by atoms with Crippen LogP contribution in [-0.2, 0) is 9.53 Å². The van der Waals surface area contributed by atoms with E-state index < -0.39 is 0 Å². The number of methoxy groups -OCH3 is 1. The number of carbonyl (C=O) groups is 1. The van der Waals surface area contributed by atoms with Gasteiger partial charge in [0.05, 0.1) is 12.1 Å². The van der Waals surface area contributed by atoms with Crippen LogP contribution in [0.15, 0.2) is 0 Å². The second-order valence-corrected chi connectivity index (χ2v) is 5.31. The molecule has 2 fully saturated rings. The summed E-state index contributed by atoms with van der Waals surface area (Å²) in [5, 5.41) is 6.25. The van der Waals surface area contributed by atoms with Crippen LogP contribution in [0, 0.1) is 5.41 Å². The van der Waals surface area contributed by atoms with Crippen LogP contribution in [0.2, 0.25) is 0 Å². The maximum Gasteiger partial charge on any atom is 0.237 e. The first-order chi connectivity index (χ1) is 7.03. The van der Waals surface area contributed by atoms with Crippen molar-refractivity contribution >= 4 is 5.91 Å². The number of rotatable bonds is 3. The van der Waals surface area contributed by atoms with Gasteiger partial charge in [-0.25, -0.2) is 0 Å². The molecule has 1 heterocycles. The normalized spacial score (nSPS) is 37.7. The SMILES string of the molecule is COC1CNC(C(=O)NC2CC2(C)C)C1. The molecule has 4 nitrogen and oxygen atoms in total. The summed E-state index contributed by atoms with van der Waals surface area (Å²) < 4.78 is 5.21. The Labute approximate surface area is 90.8 Å². The van der Waals surface area contributed by atoms with Gasteiger partial charge in [-0.15, -0.1) is 0 Å². The molecule has 1 saturated heterocycles. The molecule has 2 rings (SSSR count). The molecule has 1 saturated carbocycles. The first kappa shape index (κ1) is 10.9. The quantitative estimate of drug-likeness (QED) is 0.706. The molecule has 0 aromatic rings. The number of nitrogens with one attached hydrogen (secondary N) is 2. The summed E-state index contributed by atoms with van der Waals surface area (Å²) in [5.74, 6) is 0.130. The minimum absolute atomic E-state index is 0.0636. The standard InChI is InChI=1S/C11H20N2O2/c1-11(2)5-9(11)13-10(14)8-4-7(15-3)6-12-8/h7-9,12H,4-6H2,1-3H3,(H,13,14). The van der Waals surface area contributed by atoms with Gasteiger partial charge >= 0.3 is 0 Å². The number of hydrogen-bond acceptors (Lipinski definition) is 3. The van der Waals surface area contributed by atoms with E-state index in [1.54, 1.807) is 7.11 Å². The lowest BCUT2D eigenvalue weighted by Gasteiger charge is -2.12. The highest BCUT2D eigenvalue weighted by atomic mass is 16.5. The predicted octanol–water partition coefficient (Wildman–Crippen LogP) is 0.278. The Balaban J connectivity index is 1.78. The summed E-state index contributed by atoms with van der Waals surface area (Å²) in [6.07, 6.45) is 2.07. The highest BCUT2D eigenvalue weighted by molar-refractivity contribution is 5.82. The Morgan fingerprint density at radius 2 is 2.20 bits per heavy atom. The Bertz CT molecular complexity index is 265. The lowest BCUT2D eigenvalue weighted by molar-refractivity contribution is -0.123. The van der Waals surface area contributed by atoms with Crippen molar-refractivity contribution < 1.29 is 9.53 Å². The second kappa shape index (κ2) is 3.76. The highest BCUT2D eigenvalue weighted by Gasteiger charge is 2.47. The van der Waals surface area contributed by atoms with Crippen molar-refractivity contribution in [3.63, 3.8) is 0 Å². The molecule has 2 N–H and O–H groups in total. The van der Waals surface area contributed by atoms with Gasteiger partial charge in [-0.3, -0.25) is 4.79 Å². The van der Waals surface area contributed by atoms with Gasteiger partial charge in [0.15, 0.2) is 0 Å². The van der Waals surface area contributed by atoms with Gasteiger partial charge in [0.2, 0.25) is 5.91 Å².